The Morgan fingerprint density at radius 3 is 2.89 bits per heavy atom. The SMILES string of the molecule is COc1ccc(OCCC2CCCNC2)c(Cl)c1.Cl. The van der Waals surface area contributed by atoms with E-state index in [0.29, 0.717) is 5.02 Å². The highest BCUT2D eigenvalue weighted by Crippen LogP contribution is 2.29. The van der Waals surface area contributed by atoms with Gasteiger partial charge in [-0.3, -0.25) is 0 Å². The molecule has 1 aliphatic heterocycles. The van der Waals surface area contributed by atoms with Crippen molar-refractivity contribution in [1.29, 1.82) is 0 Å². The first-order chi connectivity index (χ1) is 8.79. The molecule has 1 saturated heterocycles. The van der Waals surface area contributed by atoms with E-state index in [-0.39, 0.29) is 12.4 Å². The molecule has 0 amide bonds. The van der Waals surface area contributed by atoms with Gasteiger partial charge in [0.05, 0.1) is 18.7 Å². The molecule has 1 aromatic rings. The van der Waals surface area contributed by atoms with Crippen molar-refractivity contribution >= 4 is 24.0 Å². The second-order valence-electron chi connectivity index (χ2n) is 4.65. The van der Waals surface area contributed by atoms with Crippen LogP contribution in [0.1, 0.15) is 19.3 Å². The van der Waals surface area contributed by atoms with Crippen LogP contribution in [-0.4, -0.2) is 26.8 Å². The van der Waals surface area contributed by atoms with E-state index < -0.39 is 0 Å². The standard InChI is InChI=1S/C14H20ClNO2.ClH/c1-17-12-4-5-14(13(15)9-12)18-8-6-11-3-2-7-16-10-11;/h4-5,9,11,16H,2-3,6-8,10H2,1H3;1H. The van der Waals surface area contributed by atoms with Crippen LogP contribution < -0.4 is 14.8 Å². The Bertz CT molecular complexity index is 382. The summed E-state index contributed by atoms with van der Waals surface area (Å²) >= 11 is 6.11. The predicted octanol–water partition coefficient (Wildman–Crippen LogP) is 3.54. The van der Waals surface area contributed by atoms with Gasteiger partial charge in [-0.05, 0) is 50.4 Å². The first kappa shape index (κ1) is 16.4. The Labute approximate surface area is 126 Å². The van der Waals surface area contributed by atoms with Crippen molar-refractivity contribution in [2.45, 2.75) is 19.3 Å². The lowest BCUT2D eigenvalue weighted by molar-refractivity contribution is 0.254. The quantitative estimate of drug-likeness (QED) is 0.902. The molecule has 1 unspecified atom stereocenters. The molecule has 1 fully saturated rings. The van der Waals surface area contributed by atoms with Crippen LogP contribution in [0.4, 0.5) is 0 Å². The summed E-state index contributed by atoms with van der Waals surface area (Å²) in [6.07, 6.45) is 3.65. The Balaban J connectivity index is 0.00000180. The lowest BCUT2D eigenvalue weighted by Gasteiger charge is -2.22. The van der Waals surface area contributed by atoms with E-state index >= 15 is 0 Å². The van der Waals surface area contributed by atoms with Crippen LogP contribution in [0.5, 0.6) is 11.5 Å². The van der Waals surface area contributed by atoms with E-state index in [1.165, 1.54) is 12.8 Å². The summed E-state index contributed by atoms with van der Waals surface area (Å²) in [5, 5.41) is 4.02. The minimum atomic E-state index is 0. The summed E-state index contributed by atoms with van der Waals surface area (Å²) < 4.78 is 10.8. The summed E-state index contributed by atoms with van der Waals surface area (Å²) in [5.41, 5.74) is 0. The highest BCUT2D eigenvalue weighted by atomic mass is 35.5. The Kier molecular flexibility index (Phi) is 7.36. The van der Waals surface area contributed by atoms with Crippen LogP contribution in [0, 0.1) is 5.92 Å². The van der Waals surface area contributed by atoms with Crippen LogP contribution in [0.2, 0.25) is 5.02 Å². The van der Waals surface area contributed by atoms with Gasteiger partial charge in [-0.15, -0.1) is 12.4 Å². The normalized spacial score (nSPS) is 18.5. The van der Waals surface area contributed by atoms with Gasteiger partial charge < -0.3 is 14.8 Å². The highest BCUT2D eigenvalue weighted by molar-refractivity contribution is 6.32. The van der Waals surface area contributed by atoms with Gasteiger partial charge in [0.1, 0.15) is 11.5 Å². The number of ether oxygens (including phenoxy) is 2. The number of methoxy groups -OCH3 is 1. The molecule has 1 N–H and O–H groups in total. The van der Waals surface area contributed by atoms with E-state index in [0.717, 1.165) is 43.5 Å². The van der Waals surface area contributed by atoms with Gasteiger partial charge in [0, 0.05) is 6.07 Å². The molecule has 1 atom stereocenters. The number of hydrogen-bond acceptors (Lipinski definition) is 3. The third kappa shape index (κ3) is 5.09. The average molecular weight is 306 g/mol. The topological polar surface area (TPSA) is 30.5 Å². The lowest BCUT2D eigenvalue weighted by atomic mass is 9.97. The van der Waals surface area contributed by atoms with Crippen molar-refractivity contribution < 1.29 is 9.47 Å². The van der Waals surface area contributed by atoms with E-state index in [9.17, 15) is 0 Å². The summed E-state index contributed by atoms with van der Waals surface area (Å²) in [4.78, 5) is 0. The summed E-state index contributed by atoms with van der Waals surface area (Å²) in [6.45, 7) is 2.99. The Hall–Kier alpha value is -0.640. The predicted molar refractivity (Wildman–Crippen MR) is 81.0 cm³/mol. The zero-order valence-electron chi connectivity index (χ0n) is 11.2. The lowest BCUT2D eigenvalue weighted by Crippen LogP contribution is -2.30. The molecule has 0 bridgehead atoms. The van der Waals surface area contributed by atoms with E-state index in [4.69, 9.17) is 21.1 Å². The van der Waals surface area contributed by atoms with Crippen molar-refractivity contribution in [2.24, 2.45) is 5.92 Å². The average Bonchev–Trinajstić information content (AvgIpc) is 2.42. The number of piperidine rings is 1. The molecule has 1 heterocycles. The van der Waals surface area contributed by atoms with Crippen LogP contribution in [0.25, 0.3) is 0 Å². The van der Waals surface area contributed by atoms with Crippen molar-refractivity contribution in [3.63, 3.8) is 0 Å². The van der Waals surface area contributed by atoms with Gasteiger partial charge in [-0.25, -0.2) is 0 Å². The molecule has 5 heteroatoms. The summed E-state index contributed by atoms with van der Waals surface area (Å²) in [7, 11) is 1.63. The zero-order chi connectivity index (χ0) is 12.8. The van der Waals surface area contributed by atoms with Gasteiger partial charge in [-0.1, -0.05) is 11.6 Å². The first-order valence-electron chi connectivity index (χ1n) is 6.46. The maximum atomic E-state index is 6.11. The van der Waals surface area contributed by atoms with Crippen LogP contribution in [-0.2, 0) is 0 Å². The second kappa shape index (κ2) is 8.51. The fourth-order valence-corrected chi connectivity index (χ4v) is 2.46. The molecular formula is C14H21Cl2NO2. The fourth-order valence-electron chi connectivity index (χ4n) is 2.23. The summed E-state index contributed by atoms with van der Waals surface area (Å²) in [5.74, 6) is 2.22. The maximum Gasteiger partial charge on any atom is 0.138 e. The van der Waals surface area contributed by atoms with Gasteiger partial charge in [0.2, 0.25) is 0 Å². The number of halogens is 2. The third-order valence-corrected chi connectivity index (χ3v) is 3.62. The van der Waals surface area contributed by atoms with Gasteiger partial charge >= 0.3 is 0 Å². The molecule has 1 aromatic carbocycles. The van der Waals surface area contributed by atoms with Crippen molar-refractivity contribution in [3.05, 3.63) is 23.2 Å². The molecular weight excluding hydrogens is 285 g/mol. The van der Waals surface area contributed by atoms with Crippen molar-refractivity contribution in [1.82, 2.24) is 5.32 Å². The zero-order valence-corrected chi connectivity index (χ0v) is 12.7. The summed E-state index contributed by atoms with van der Waals surface area (Å²) in [6, 6.07) is 5.50. The van der Waals surface area contributed by atoms with Crippen molar-refractivity contribution in [3.8, 4) is 11.5 Å². The molecule has 0 aliphatic carbocycles. The van der Waals surface area contributed by atoms with Gasteiger partial charge in [0.15, 0.2) is 0 Å². The number of hydrogen-bond donors (Lipinski definition) is 1. The minimum Gasteiger partial charge on any atom is -0.497 e. The molecule has 19 heavy (non-hydrogen) atoms. The number of rotatable bonds is 5. The second-order valence-corrected chi connectivity index (χ2v) is 5.05. The van der Waals surface area contributed by atoms with Crippen molar-refractivity contribution in [2.75, 3.05) is 26.8 Å². The number of benzene rings is 1. The van der Waals surface area contributed by atoms with Crippen LogP contribution in [0.15, 0.2) is 18.2 Å². The van der Waals surface area contributed by atoms with E-state index in [1.54, 1.807) is 13.2 Å². The Morgan fingerprint density at radius 1 is 1.42 bits per heavy atom. The molecule has 2 rings (SSSR count). The smallest absolute Gasteiger partial charge is 0.138 e. The Morgan fingerprint density at radius 2 is 2.26 bits per heavy atom. The van der Waals surface area contributed by atoms with Crippen LogP contribution in [0.3, 0.4) is 0 Å². The molecule has 0 saturated carbocycles. The van der Waals surface area contributed by atoms with E-state index in [1.807, 2.05) is 12.1 Å². The molecule has 108 valence electrons. The van der Waals surface area contributed by atoms with Gasteiger partial charge in [0.25, 0.3) is 0 Å². The molecule has 1 aliphatic rings. The fraction of sp³-hybridized carbons (Fsp3) is 0.571. The van der Waals surface area contributed by atoms with Crippen LogP contribution >= 0.6 is 24.0 Å². The molecule has 3 nitrogen and oxygen atoms in total. The third-order valence-electron chi connectivity index (χ3n) is 3.32. The van der Waals surface area contributed by atoms with E-state index in [2.05, 4.69) is 5.32 Å². The largest absolute Gasteiger partial charge is 0.497 e. The highest BCUT2D eigenvalue weighted by Gasteiger charge is 2.13. The molecule has 0 aromatic heterocycles. The molecule has 0 spiro atoms. The molecule has 0 radical (unpaired) electrons. The minimum absolute atomic E-state index is 0. The number of nitrogens with one attached hydrogen (secondary N) is 1. The maximum absolute atomic E-state index is 6.11. The van der Waals surface area contributed by atoms with Gasteiger partial charge in [-0.2, -0.15) is 0 Å². The monoisotopic (exact) mass is 305 g/mol. The first-order valence-corrected chi connectivity index (χ1v) is 6.84.